The normalized spacial score (nSPS) is 18.2. The Hall–Kier alpha value is -2.37. The molecule has 2 aromatic rings. The molecule has 3 rings (SSSR count). The lowest BCUT2D eigenvalue weighted by molar-refractivity contribution is 0.0706. The molecule has 1 aliphatic rings. The van der Waals surface area contributed by atoms with E-state index in [1.165, 1.54) is 0 Å². The van der Waals surface area contributed by atoms with Crippen LogP contribution in [0.4, 0.5) is 5.82 Å². The molecule has 122 valence electrons. The minimum Gasteiger partial charge on any atom is -0.367 e. The van der Waals surface area contributed by atoms with Gasteiger partial charge in [0.2, 0.25) is 0 Å². The van der Waals surface area contributed by atoms with Crippen LogP contribution in [0.3, 0.4) is 0 Å². The van der Waals surface area contributed by atoms with Crippen molar-refractivity contribution in [3.8, 4) is 0 Å². The van der Waals surface area contributed by atoms with Gasteiger partial charge in [-0.05, 0) is 44.9 Å². The zero-order valence-corrected chi connectivity index (χ0v) is 13.6. The van der Waals surface area contributed by atoms with Crippen LogP contribution in [0.1, 0.15) is 48.7 Å². The van der Waals surface area contributed by atoms with Crippen LogP contribution in [0, 0.1) is 0 Å². The molecule has 2 N–H and O–H groups in total. The summed E-state index contributed by atoms with van der Waals surface area (Å²) in [5.41, 5.74) is 1.75. The van der Waals surface area contributed by atoms with Crippen molar-refractivity contribution in [2.45, 2.75) is 38.6 Å². The fraction of sp³-hybridized carbons (Fsp3) is 0.471. The number of carbonyl (C=O) groups is 1. The first kappa shape index (κ1) is 15.5. The topological polar surface area (TPSA) is 73.9 Å². The fourth-order valence-electron chi connectivity index (χ4n) is 3.05. The van der Waals surface area contributed by atoms with Crippen molar-refractivity contribution >= 4 is 11.7 Å². The number of pyridine rings is 1. The zero-order valence-electron chi connectivity index (χ0n) is 13.6. The van der Waals surface area contributed by atoms with E-state index in [0.717, 1.165) is 31.6 Å². The molecule has 0 saturated carbocycles. The minimum absolute atomic E-state index is 0.0467. The number of nitrogens with zero attached hydrogens (tertiary/aromatic N) is 3. The van der Waals surface area contributed by atoms with Gasteiger partial charge in [-0.25, -0.2) is 4.98 Å². The van der Waals surface area contributed by atoms with Crippen molar-refractivity contribution < 1.29 is 4.79 Å². The van der Waals surface area contributed by atoms with Crippen LogP contribution in [-0.4, -0.2) is 45.1 Å². The highest BCUT2D eigenvalue weighted by molar-refractivity contribution is 5.98. The monoisotopic (exact) mass is 313 g/mol. The number of hydrogen-bond acceptors (Lipinski definition) is 4. The Morgan fingerprint density at radius 3 is 3.00 bits per heavy atom. The number of piperidine rings is 1. The second-order valence-corrected chi connectivity index (χ2v) is 6.30. The molecule has 0 aromatic carbocycles. The number of rotatable bonds is 4. The van der Waals surface area contributed by atoms with Crippen molar-refractivity contribution in [3.05, 3.63) is 41.9 Å². The maximum Gasteiger partial charge on any atom is 0.257 e. The highest BCUT2D eigenvalue weighted by atomic mass is 16.2. The van der Waals surface area contributed by atoms with Crippen LogP contribution in [0.15, 0.2) is 30.6 Å². The number of anilines is 1. The Kier molecular flexibility index (Phi) is 4.60. The molecule has 0 aliphatic carbocycles. The van der Waals surface area contributed by atoms with Gasteiger partial charge in [0.1, 0.15) is 5.82 Å². The number of nitrogens with one attached hydrogen (secondary N) is 2. The molecule has 6 nitrogen and oxygen atoms in total. The van der Waals surface area contributed by atoms with Gasteiger partial charge in [-0.2, -0.15) is 5.10 Å². The molecule has 0 radical (unpaired) electrons. The van der Waals surface area contributed by atoms with E-state index >= 15 is 0 Å². The van der Waals surface area contributed by atoms with Crippen LogP contribution >= 0.6 is 0 Å². The smallest absolute Gasteiger partial charge is 0.257 e. The molecule has 1 aliphatic heterocycles. The van der Waals surface area contributed by atoms with E-state index in [1.807, 2.05) is 36.9 Å². The second kappa shape index (κ2) is 6.81. The van der Waals surface area contributed by atoms with E-state index in [9.17, 15) is 4.79 Å². The van der Waals surface area contributed by atoms with Crippen molar-refractivity contribution in [2.75, 3.05) is 18.4 Å². The van der Waals surface area contributed by atoms with Crippen molar-refractivity contribution in [3.63, 3.8) is 0 Å². The molecule has 1 atom stereocenters. The predicted molar refractivity (Wildman–Crippen MR) is 89.5 cm³/mol. The summed E-state index contributed by atoms with van der Waals surface area (Å²) in [5.74, 6) is 1.04. The van der Waals surface area contributed by atoms with Crippen molar-refractivity contribution in [2.24, 2.45) is 0 Å². The maximum absolute atomic E-state index is 12.9. The molecule has 0 bridgehead atoms. The average Bonchev–Trinajstić information content (AvgIpc) is 3.09. The molecule has 23 heavy (non-hydrogen) atoms. The quantitative estimate of drug-likeness (QED) is 0.910. The third kappa shape index (κ3) is 3.52. The first-order valence-electron chi connectivity index (χ1n) is 8.15. The van der Waals surface area contributed by atoms with E-state index in [-0.39, 0.29) is 11.9 Å². The van der Waals surface area contributed by atoms with Crippen LogP contribution in [-0.2, 0) is 0 Å². The summed E-state index contributed by atoms with van der Waals surface area (Å²) in [7, 11) is 0. The lowest BCUT2D eigenvalue weighted by Crippen LogP contribution is -2.39. The van der Waals surface area contributed by atoms with E-state index in [4.69, 9.17) is 0 Å². The first-order chi connectivity index (χ1) is 11.1. The summed E-state index contributed by atoms with van der Waals surface area (Å²) in [6.45, 7) is 5.59. The number of amides is 1. The van der Waals surface area contributed by atoms with Crippen molar-refractivity contribution in [1.29, 1.82) is 0 Å². The molecule has 2 aromatic heterocycles. The summed E-state index contributed by atoms with van der Waals surface area (Å²) in [5, 5.41) is 10.3. The van der Waals surface area contributed by atoms with Gasteiger partial charge in [-0.15, -0.1) is 0 Å². The molecule has 1 fully saturated rings. The van der Waals surface area contributed by atoms with Crippen LogP contribution in [0.5, 0.6) is 0 Å². The van der Waals surface area contributed by atoms with Crippen LogP contribution in [0.25, 0.3) is 0 Å². The molecular formula is C17H23N5O. The summed E-state index contributed by atoms with van der Waals surface area (Å²) < 4.78 is 0. The van der Waals surface area contributed by atoms with Gasteiger partial charge in [-0.3, -0.25) is 9.89 Å². The van der Waals surface area contributed by atoms with Gasteiger partial charge < -0.3 is 10.2 Å². The van der Waals surface area contributed by atoms with E-state index in [1.54, 1.807) is 12.4 Å². The number of hydrogen-bond donors (Lipinski definition) is 2. The average molecular weight is 313 g/mol. The predicted octanol–water partition coefficient (Wildman–Crippen LogP) is 2.64. The Morgan fingerprint density at radius 1 is 1.39 bits per heavy atom. The SMILES string of the molecule is CC(C)Nc1ncccc1C(=O)N1CCC[C@@H](c2ccn[nH]2)C1. The fourth-order valence-corrected chi connectivity index (χ4v) is 3.05. The summed E-state index contributed by atoms with van der Waals surface area (Å²) in [6, 6.07) is 5.89. The Bertz CT molecular complexity index is 653. The van der Waals surface area contributed by atoms with E-state index in [0.29, 0.717) is 17.3 Å². The Morgan fingerprint density at radius 2 is 2.26 bits per heavy atom. The summed E-state index contributed by atoms with van der Waals surface area (Å²) in [4.78, 5) is 19.2. The number of aromatic nitrogens is 3. The Balaban J connectivity index is 1.77. The van der Waals surface area contributed by atoms with Crippen LogP contribution in [0.2, 0.25) is 0 Å². The molecule has 0 spiro atoms. The Labute approximate surface area is 136 Å². The minimum atomic E-state index is 0.0467. The van der Waals surface area contributed by atoms with Gasteiger partial charge in [0, 0.05) is 43.1 Å². The maximum atomic E-state index is 12.9. The third-order valence-electron chi connectivity index (χ3n) is 4.13. The van der Waals surface area contributed by atoms with E-state index in [2.05, 4.69) is 20.5 Å². The first-order valence-corrected chi connectivity index (χ1v) is 8.15. The number of likely N-dealkylation sites (tertiary alicyclic amines) is 1. The number of aromatic amines is 1. The third-order valence-corrected chi connectivity index (χ3v) is 4.13. The summed E-state index contributed by atoms with van der Waals surface area (Å²) >= 11 is 0. The van der Waals surface area contributed by atoms with Crippen LogP contribution < -0.4 is 5.32 Å². The highest BCUT2D eigenvalue weighted by Gasteiger charge is 2.27. The molecular weight excluding hydrogens is 290 g/mol. The second-order valence-electron chi connectivity index (χ2n) is 6.30. The van der Waals surface area contributed by atoms with Gasteiger partial charge in [-0.1, -0.05) is 0 Å². The van der Waals surface area contributed by atoms with E-state index < -0.39 is 0 Å². The molecule has 1 amide bonds. The van der Waals surface area contributed by atoms with Gasteiger partial charge in [0.25, 0.3) is 5.91 Å². The molecule has 0 unspecified atom stereocenters. The standard InChI is InChI=1S/C17H23N5O/c1-12(2)20-16-14(6-3-8-18-16)17(23)22-10-4-5-13(11-22)15-7-9-19-21-15/h3,6-9,12-13H,4-5,10-11H2,1-2H3,(H,18,20)(H,19,21)/t13-/m1/s1. The van der Waals surface area contributed by atoms with Gasteiger partial charge in [0.15, 0.2) is 0 Å². The lowest BCUT2D eigenvalue weighted by Gasteiger charge is -2.32. The molecule has 1 saturated heterocycles. The highest BCUT2D eigenvalue weighted by Crippen LogP contribution is 2.27. The van der Waals surface area contributed by atoms with Gasteiger partial charge in [0.05, 0.1) is 5.56 Å². The summed E-state index contributed by atoms with van der Waals surface area (Å²) in [6.07, 6.45) is 5.56. The number of H-pyrrole nitrogens is 1. The van der Waals surface area contributed by atoms with Crippen molar-refractivity contribution in [1.82, 2.24) is 20.1 Å². The molecule has 6 heteroatoms. The van der Waals surface area contributed by atoms with Gasteiger partial charge >= 0.3 is 0 Å². The largest absolute Gasteiger partial charge is 0.367 e. The molecule has 3 heterocycles. The lowest BCUT2D eigenvalue weighted by atomic mass is 9.94. The zero-order chi connectivity index (χ0) is 16.2. The number of carbonyl (C=O) groups excluding carboxylic acids is 1.